The number of carbonyl (C=O) groups is 2. The third kappa shape index (κ3) is 5.26. The average Bonchev–Trinajstić information content (AvgIpc) is 2.36. The molecule has 3 N–H and O–H groups in total. The van der Waals surface area contributed by atoms with E-state index in [1.54, 1.807) is 17.0 Å². The fourth-order valence-electron chi connectivity index (χ4n) is 1.87. The minimum Gasteiger partial charge on any atom is -0.481 e. The molecule has 0 spiro atoms. The summed E-state index contributed by atoms with van der Waals surface area (Å²) in [6, 6.07) is 3.47. The zero-order valence-electron chi connectivity index (χ0n) is 11.9. The molecule has 0 radical (unpaired) electrons. The Bertz CT molecular complexity index is 457. The van der Waals surface area contributed by atoms with Crippen molar-refractivity contribution < 1.29 is 14.7 Å². The van der Waals surface area contributed by atoms with Gasteiger partial charge in [-0.25, -0.2) is 0 Å². The molecule has 1 rings (SSSR count). The van der Waals surface area contributed by atoms with Crippen LogP contribution in [-0.4, -0.2) is 39.5 Å². The highest BCUT2D eigenvalue weighted by molar-refractivity contribution is 5.78. The third-order valence-corrected chi connectivity index (χ3v) is 2.91. The Labute approximate surface area is 118 Å². The number of nitrogens with zero attached hydrogens (tertiary/aromatic N) is 2. The molecule has 20 heavy (non-hydrogen) atoms. The normalized spacial score (nSPS) is 10.6. The Kier molecular flexibility index (Phi) is 5.96. The van der Waals surface area contributed by atoms with Gasteiger partial charge in [0.2, 0.25) is 5.91 Å². The van der Waals surface area contributed by atoms with Crippen molar-refractivity contribution in [2.24, 2.45) is 0 Å². The van der Waals surface area contributed by atoms with Crippen molar-refractivity contribution in [3.8, 4) is 0 Å². The fraction of sp³-hybridized carbons (Fsp3) is 0.500. The van der Waals surface area contributed by atoms with E-state index in [-0.39, 0.29) is 24.8 Å². The van der Waals surface area contributed by atoms with Gasteiger partial charge >= 0.3 is 5.97 Å². The number of pyridine rings is 1. The van der Waals surface area contributed by atoms with Crippen LogP contribution in [0.1, 0.15) is 32.4 Å². The van der Waals surface area contributed by atoms with Crippen LogP contribution in [0.15, 0.2) is 18.3 Å². The second-order valence-corrected chi connectivity index (χ2v) is 4.94. The summed E-state index contributed by atoms with van der Waals surface area (Å²) in [5, 5.41) is 8.64. The summed E-state index contributed by atoms with van der Waals surface area (Å²) in [5.41, 5.74) is 6.77. The summed E-state index contributed by atoms with van der Waals surface area (Å²) in [6.45, 7) is 4.27. The van der Waals surface area contributed by atoms with Crippen LogP contribution in [0.25, 0.3) is 0 Å². The standard InChI is InChI=1S/C14H21N3O3/c1-10(2)17(7-3-4-14(19)20)13(18)8-12-6-5-11(15)9-16-12/h5-6,9-10H,3-4,7-8,15H2,1-2H3,(H,19,20). The number of carboxylic acids is 1. The van der Waals surface area contributed by atoms with Gasteiger partial charge in [-0.1, -0.05) is 0 Å². The first-order valence-electron chi connectivity index (χ1n) is 6.62. The molecule has 6 nitrogen and oxygen atoms in total. The molecule has 0 aliphatic carbocycles. The number of aliphatic carboxylic acids is 1. The first kappa shape index (κ1) is 15.9. The number of carbonyl (C=O) groups excluding carboxylic acids is 1. The molecule has 0 bridgehead atoms. The molecule has 1 aromatic rings. The lowest BCUT2D eigenvalue weighted by molar-refractivity contribution is -0.138. The first-order valence-corrected chi connectivity index (χ1v) is 6.62. The Morgan fingerprint density at radius 2 is 2.10 bits per heavy atom. The number of anilines is 1. The van der Waals surface area contributed by atoms with Crippen LogP contribution in [0.4, 0.5) is 5.69 Å². The number of hydrogen-bond donors (Lipinski definition) is 2. The van der Waals surface area contributed by atoms with Gasteiger partial charge < -0.3 is 15.7 Å². The summed E-state index contributed by atoms with van der Waals surface area (Å²) in [6.07, 6.45) is 2.24. The molecule has 1 aromatic heterocycles. The Morgan fingerprint density at radius 3 is 2.60 bits per heavy atom. The lowest BCUT2D eigenvalue weighted by Gasteiger charge is -2.26. The van der Waals surface area contributed by atoms with Gasteiger partial charge in [-0.05, 0) is 32.4 Å². The zero-order chi connectivity index (χ0) is 15.1. The van der Waals surface area contributed by atoms with Crippen LogP contribution < -0.4 is 5.73 Å². The molecule has 110 valence electrons. The lowest BCUT2D eigenvalue weighted by atomic mass is 10.2. The number of nitrogens with two attached hydrogens (primary N) is 1. The van der Waals surface area contributed by atoms with Crippen molar-refractivity contribution in [3.05, 3.63) is 24.0 Å². The van der Waals surface area contributed by atoms with Crippen LogP contribution in [0.5, 0.6) is 0 Å². The van der Waals surface area contributed by atoms with Crippen LogP contribution >= 0.6 is 0 Å². The van der Waals surface area contributed by atoms with E-state index in [4.69, 9.17) is 10.8 Å². The molecule has 6 heteroatoms. The van der Waals surface area contributed by atoms with Crippen LogP contribution in [0.2, 0.25) is 0 Å². The second kappa shape index (κ2) is 7.47. The van der Waals surface area contributed by atoms with Crippen molar-refractivity contribution in [1.29, 1.82) is 0 Å². The van der Waals surface area contributed by atoms with E-state index in [9.17, 15) is 9.59 Å². The van der Waals surface area contributed by atoms with Crippen molar-refractivity contribution in [2.45, 2.75) is 39.2 Å². The SMILES string of the molecule is CC(C)N(CCCC(=O)O)C(=O)Cc1ccc(N)cn1. The Morgan fingerprint density at radius 1 is 1.40 bits per heavy atom. The summed E-state index contributed by atoms with van der Waals surface area (Å²) in [7, 11) is 0. The zero-order valence-corrected chi connectivity index (χ0v) is 11.9. The van der Waals surface area contributed by atoms with E-state index in [2.05, 4.69) is 4.98 Å². The summed E-state index contributed by atoms with van der Waals surface area (Å²) in [4.78, 5) is 28.5. The molecule has 0 fully saturated rings. The van der Waals surface area contributed by atoms with Crippen LogP contribution in [0, 0.1) is 0 Å². The minimum atomic E-state index is -0.846. The van der Waals surface area contributed by atoms with E-state index >= 15 is 0 Å². The smallest absolute Gasteiger partial charge is 0.303 e. The quantitative estimate of drug-likeness (QED) is 0.784. The highest BCUT2D eigenvalue weighted by atomic mass is 16.4. The molecule has 1 heterocycles. The average molecular weight is 279 g/mol. The molecule has 0 aliphatic rings. The molecule has 1 amide bonds. The van der Waals surface area contributed by atoms with Crippen LogP contribution in [0.3, 0.4) is 0 Å². The van der Waals surface area contributed by atoms with Crippen molar-refractivity contribution in [3.63, 3.8) is 0 Å². The molecule has 0 atom stereocenters. The van der Waals surface area contributed by atoms with Gasteiger partial charge in [-0.3, -0.25) is 14.6 Å². The maximum atomic E-state index is 12.2. The molecular weight excluding hydrogens is 258 g/mol. The molecule has 0 saturated carbocycles. The number of aromatic nitrogens is 1. The van der Waals surface area contributed by atoms with E-state index in [1.165, 1.54) is 6.20 Å². The van der Waals surface area contributed by atoms with E-state index < -0.39 is 5.97 Å². The molecule has 0 saturated heterocycles. The first-order chi connectivity index (χ1) is 9.40. The molecular formula is C14H21N3O3. The topological polar surface area (TPSA) is 96.5 Å². The lowest BCUT2D eigenvalue weighted by Crippen LogP contribution is -2.39. The predicted octanol–water partition coefficient (Wildman–Crippen LogP) is 1.31. The number of nitrogen functional groups attached to an aromatic ring is 1. The van der Waals surface area contributed by atoms with E-state index in [1.807, 2.05) is 13.8 Å². The van der Waals surface area contributed by atoms with E-state index in [0.29, 0.717) is 24.3 Å². The Balaban J connectivity index is 2.59. The number of carboxylic acid groups (broad SMARTS) is 1. The largest absolute Gasteiger partial charge is 0.481 e. The summed E-state index contributed by atoms with van der Waals surface area (Å²) in [5.74, 6) is -0.899. The molecule has 0 unspecified atom stereocenters. The number of hydrogen-bond acceptors (Lipinski definition) is 4. The minimum absolute atomic E-state index is 0.0325. The van der Waals surface area contributed by atoms with Crippen LogP contribution in [-0.2, 0) is 16.0 Å². The maximum Gasteiger partial charge on any atom is 0.303 e. The van der Waals surface area contributed by atoms with E-state index in [0.717, 1.165) is 0 Å². The highest BCUT2D eigenvalue weighted by Gasteiger charge is 2.17. The maximum absolute atomic E-state index is 12.2. The van der Waals surface area contributed by atoms with Crippen molar-refractivity contribution in [2.75, 3.05) is 12.3 Å². The van der Waals surface area contributed by atoms with Gasteiger partial charge in [0.05, 0.1) is 18.3 Å². The Hall–Kier alpha value is -2.11. The van der Waals surface area contributed by atoms with Gasteiger partial charge in [0.1, 0.15) is 0 Å². The van der Waals surface area contributed by atoms with Gasteiger partial charge in [-0.15, -0.1) is 0 Å². The number of amides is 1. The van der Waals surface area contributed by atoms with Gasteiger partial charge in [0, 0.05) is 24.7 Å². The highest BCUT2D eigenvalue weighted by Crippen LogP contribution is 2.08. The van der Waals surface area contributed by atoms with Gasteiger partial charge in [0.25, 0.3) is 0 Å². The molecule has 0 aliphatic heterocycles. The fourth-order valence-corrected chi connectivity index (χ4v) is 1.87. The second-order valence-electron chi connectivity index (χ2n) is 4.94. The van der Waals surface area contributed by atoms with Gasteiger partial charge in [-0.2, -0.15) is 0 Å². The third-order valence-electron chi connectivity index (χ3n) is 2.91. The summed E-state index contributed by atoms with van der Waals surface area (Å²) >= 11 is 0. The molecule has 0 aromatic carbocycles. The summed E-state index contributed by atoms with van der Waals surface area (Å²) < 4.78 is 0. The number of rotatable bonds is 7. The predicted molar refractivity (Wildman–Crippen MR) is 76.1 cm³/mol. The van der Waals surface area contributed by atoms with Crippen molar-refractivity contribution >= 4 is 17.6 Å². The van der Waals surface area contributed by atoms with Gasteiger partial charge in [0.15, 0.2) is 0 Å². The monoisotopic (exact) mass is 279 g/mol. The van der Waals surface area contributed by atoms with Crippen molar-refractivity contribution in [1.82, 2.24) is 9.88 Å².